The van der Waals surface area contributed by atoms with Crippen LogP contribution in [0.3, 0.4) is 0 Å². The summed E-state index contributed by atoms with van der Waals surface area (Å²) in [6, 6.07) is 7.48. The molecule has 2 rings (SSSR count). The molecule has 0 saturated heterocycles. The summed E-state index contributed by atoms with van der Waals surface area (Å²) in [5.41, 5.74) is 1.65. The largest absolute Gasteiger partial charge is 0.508 e. The molecule has 7 heteroatoms. The Morgan fingerprint density at radius 2 is 1.81 bits per heavy atom. The van der Waals surface area contributed by atoms with Crippen molar-refractivity contribution in [3.63, 3.8) is 0 Å². The number of aromatic hydroxyl groups is 1. The minimum Gasteiger partial charge on any atom is -0.508 e. The summed E-state index contributed by atoms with van der Waals surface area (Å²) in [6.07, 6.45) is 0. The lowest BCUT2D eigenvalue weighted by Gasteiger charge is -2.12. The molecule has 0 heterocycles. The van der Waals surface area contributed by atoms with Crippen LogP contribution in [0.15, 0.2) is 39.7 Å². The lowest BCUT2D eigenvalue weighted by molar-refractivity contribution is 0.471. The van der Waals surface area contributed by atoms with Crippen molar-refractivity contribution < 1.29 is 13.5 Å². The van der Waals surface area contributed by atoms with E-state index >= 15 is 0 Å². The fourth-order valence-electron chi connectivity index (χ4n) is 1.76. The van der Waals surface area contributed by atoms with Crippen LogP contribution in [0.25, 0.3) is 0 Å². The van der Waals surface area contributed by atoms with Crippen molar-refractivity contribution in [3.8, 4) is 5.75 Å². The Bertz CT molecular complexity index is 806. The normalized spacial score (nSPS) is 11.4. The van der Waals surface area contributed by atoms with Crippen LogP contribution in [-0.2, 0) is 10.0 Å². The van der Waals surface area contributed by atoms with Gasteiger partial charge in [0.1, 0.15) is 5.75 Å². The number of halogens is 2. The van der Waals surface area contributed by atoms with Gasteiger partial charge in [0.25, 0.3) is 10.0 Å². The number of nitrogens with one attached hydrogen (secondary N) is 1. The molecule has 112 valence electrons. The van der Waals surface area contributed by atoms with Gasteiger partial charge < -0.3 is 5.11 Å². The number of hydrogen-bond donors (Lipinski definition) is 2. The minimum atomic E-state index is -3.72. The Morgan fingerprint density at radius 3 is 2.43 bits per heavy atom. The second kappa shape index (κ2) is 5.87. The molecule has 21 heavy (non-hydrogen) atoms. The summed E-state index contributed by atoms with van der Waals surface area (Å²) in [5.74, 6) is 0.129. The van der Waals surface area contributed by atoms with E-state index in [4.69, 9.17) is 11.6 Å². The Morgan fingerprint density at radius 1 is 1.14 bits per heavy atom. The van der Waals surface area contributed by atoms with Crippen LogP contribution in [0.4, 0.5) is 5.69 Å². The van der Waals surface area contributed by atoms with Crippen LogP contribution in [0.1, 0.15) is 11.1 Å². The van der Waals surface area contributed by atoms with E-state index in [-0.39, 0.29) is 10.6 Å². The molecule has 2 N–H and O–H groups in total. The predicted molar refractivity (Wildman–Crippen MR) is 87.5 cm³/mol. The van der Waals surface area contributed by atoms with Gasteiger partial charge >= 0.3 is 0 Å². The molecular formula is C14H13BrClNO3S. The van der Waals surface area contributed by atoms with Crippen molar-refractivity contribution in [2.24, 2.45) is 0 Å². The first-order chi connectivity index (χ1) is 9.70. The SMILES string of the molecule is Cc1cc(NS(=O)(=O)c2ccc(Cl)c(Br)c2)c(C)cc1O. The van der Waals surface area contributed by atoms with Gasteiger partial charge in [0.2, 0.25) is 0 Å². The van der Waals surface area contributed by atoms with Crippen LogP contribution in [0, 0.1) is 13.8 Å². The number of aryl methyl sites for hydroxylation is 2. The molecule has 0 aromatic heterocycles. The quantitative estimate of drug-likeness (QED) is 0.771. The highest BCUT2D eigenvalue weighted by Gasteiger charge is 2.17. The van der Waals surface area contributed by atoms with Gasteiger partial charge in [-0.05, 0) is 71.2 Å². The van der Waals surface area contributed by atoms with Gasteiger partial charge in [0.15, 0.2) is 0 Å². The molecule has 0 aliphatic heterocycles. The fourth-order valence-corrected chi connectivity index (χ4v) is 3.55. The van der Waals surface area contributed by atoms with Gasteiger partial charge in [0.05, 0.1) is 15.6 Å². The molecule has 0 spiro atoms. The lowest BCUT2D eigenvalue weighted by atomic mass is 10.1. The number of phenols is 1. The molecule has 0 radical (unpaired) electrons. The average Bonchev–Trinajstić information content (AvgIpc) is 2.39. The molecule has 0 aliphatic rings. The molecule has 4 nitrogen and oxygen atoms in total. The number of benzene rings is 2. The molecular weight excluding hydrogens is 378 g/mol. The van der Waals surface area contributed by atoms with Crippen molar-refractivity contribution in [2.45, 2.75) is 18.7 Å². The lowest BCUT2D eigenvalue weighted by Crippen LogP contribution is -2.14. The topological polar surface area (TPSA) is 66.4 Å². The first-order valence-corrected chi connectivity index (χ1v) is 8.64. The van der Waals surface area contributed by atoms with Gasteiger partial charge in [-0.25, -0.2) is 8.42 Å². The molecule has 0 aliphatic carbocycles. The Hall–Kier alpha value is -1.24. The summed E-state index contributed by atoms with van der Waals surface area (Å²) in [7, 11) is -3.72. The van der Waals surface area contributed by atoms with Crippen LogP contribution in [0.2, 0.25) is 5.02 Å². The fraction of sp³-hybridized carbons (Fsp3) is 0.143. The second-order valence-electron chi connectivity index (χ2n) is 4.64. The molecule has 0 amide bonds. The first kappa shape index (κ1) is 16.1. The van der Waals surface area contributed by atoms with Crippen LogP contribution < -0.4 is 4.72 Å². The summed E-state index contributed by atoms with van der Waals surface area (Å²) < 4.78 is 27.8. The Balaban J connectivity index is 2.42. The second-order valence-corrected chi connectivity index (χ2v) is 7.58. The van der Waals surface area contributed by atoms with Crippen molar-refractivity contribution in [1.29, 1.82) is 0 Å². The van der Waals surface area contributed by atoms with Crippen LogP contribution in [-0.4, -0.2) is 13.5 Å². The van der Waals surface area contributed by atoms with E-state index in [9.17, 15) is 13.5 Å². The zero-order valence-corrected chi connectivity index (χ0v) is 14.5. The maximum Gasteiger partial charge on any atom is 0.261 e. The molecule has 0 bridgehead atoms. The van der Waals surface area contributed by atoms with Crippen molar-refractivity contribution in [3.05, 3.63) is 51.0 Å². The maximum atomic E-state index is 12.4. The number of rotatable bonds is 3. The molecule has 0 unspecified atom stereocenters. The summed E-state index contributed by atoms with van der Waals surface area (Å²) >= 11 is 9.07. The van der Waals surface area contributed by atoms with Crippen molar-refractivity contribution in [1.82, 2.24) is 0 Å². The van der Waals surface area contributed by atoms with Gasteiger partial charge in [0, 0.05) is 4.47 Å². The molecule has 0 atom stereocenters. The average molecular weight is 391 g/mol. The van der Waals surface area contributed by atoms with E-state index in [0.717, 1.165) is 0 Å². The Labute approximate surface area is 136 Å². The molecule has 0 fully saturated rings. The zero-order valence-electron chi connectivity index (χ0n) is 11.3. The summed E-state index contributed by atoms with van der Waals surface area (Å²) in [5, 5.41) is 10.0. The third-order valence-corrected chi connectivity index (χ3v) is 5.57. The highest BCUT2D eigenvalue weighted by atomic mass is 79.9. The summed E-state index contributed by atoms with van der Waals surface area (Å²) in [6.45, 7) is 3.42. The van der Waals surface area contributed by atoms with E-state index in [0.29, 0.717) is 26.3 Å². The molecule has 2 aromatic carbocycles. The maximum absolute atomic E-state index is 12.4. The standard InChI is InChI=1S/C14H13BrClNO3S/c1-8-6-14(18)9(2)5-13(8)17-21(19,20)10-3-4-12(16)11(15)7-10/h3-7,17-18H,1-2H3. The van der Waals surface area contributed by atoms with Gasteiger partial charge in [-0.3, -0.25) is 4.72 Å². The number of anilines is 1. The third kappa shape index (κ3) is 3.51. The first-order valence-electron chi connectivity index (χ1n) is 5.99. The number of phenolic OH excluding ortho intramolecular Hbond substituents is 1. The highest BCUT2D eigenvalue weighted by molar-refractivity contribution is 9.10. The van der Waals surface area contributed by atoms with Gasteiger partial charge in [-0.1, -0.05) is 11.6 Å². The molecule has 2 aromatic rings. The third-order valence-electron chi connectivity index (χ3n) is 2.99. The van der Waals surface area contributed by atoms with Crippen molar-refractivity contribution >= 4 is 43.2 Å². The monoisotopic (exact) mass is 389 g/mol. The van der Waals surface area contributed by atoms with E-state index in [1.807, 2.05) is 0 Å². The Kier molecular flexibility index (Phi) is 4.51. The predicted octanol–water partition coefficient (Wildman–Crippen LogP) is 4.23. The van der Waals surface area contributed by atoms with E-state index in [2.05, 4.69) is 20.7 Å². The van der Waals surface area contributed by atoms with Gasteiger partial charge in [-0.15, -0.1) is 0 Å². The number of hydrogen-bond acceptors (Lipinski definition) is 3. The minimum absolute atomic E-state index is 0.101. The number of sulfonamides is 1. The van der Waals surface area contributed by atoms with Gasteiger partial charge in [-0.2, -0.15) is 0 Å². The van der Waals surface area contributed by atoms with Crippen molar-refractivity contribution in [2.75, 3.05) is 4.72 Å². The van der Waals surface area contributed by atoms with Crippen LogP contribution in [0.5, 0.6) is 5.75 Å². The smallest absolute Gasteiger partial charge is 0.261 e. The summed E-state index contributed by atoms with van der Waals surface area (Å²) in [4.78, 5) is 0.101. The zero-order chi connectivity index (χ0) is 15.8. The van der Waals surface area contributed by atoms with E-state index in [1.165, 1.54) is 24.3 Å². The van der Waals surface area contributed by atoms with E-state index in [1.54, 1.807) is 19.9 Å². The highest BCUT2D eigenvalue weighted by Crippen LogP contribution is 2.29. The van der Waals surface area contributed by atoms with E-state index < -0.39 is 10.0 Å². The molecule has 0 saturated carbocycles. The van der Waals surface area contributed by atoms with Crippen LogP contribution >= 0.6 is 27.5 Å².